The van der Waals surface area contributed by atoms with Gasteiger partial charge in [-0.05, 0) is 12.1 Å². The number of aliphatic hydroxyl groups excluding tert-OH is 1. The van der Waals surface area contributed by atoms with Crippen molar-refractivity contribution in [3.05, 3.63) is 18.2 Å². The lowest BCUT2D eigenvalue weighted by atomic mass is 10.3. The van der Waals surface area contributed by atoms with Crippen molar-refractivity contribution >= 4 is 0 Å². The van der Waals surface area contributed by atoms with Gasteiger partial charge in [0.15, 0.2) is 17.8 Å². The Morgan fingerprint density at radius 2 is 2.36 bits per heavy atom. The SMILES string of the molecule is CCC(O)Oc1cccc2c1OCO2. The maximum atomic E-state index is 9.32. The second-order valence-electron chi connectivity index (χ2n) is 2.97. The maximum Gasteiger partial charge on any atom is 0.231 e. The first-order valence-electron chi connectivity index (χ1n) is 4.54. The maximum absolute atomic E-state index is 9.32. The molecule has 76 valence electrons. The van der Waals surface area contributed by atoms with Gasteiger partial charge in [0.2, 0.25) is 12.5 Å². The van der Waals surface area contributed by atoms with Gasteiger partial charge >= 0.3 is 0 Å². The topological polar surface area (TPSA) is 47.9 Å². The summed E-state index contributed by atoms with van der Waals surface area (Å²) in [5.41, 5.74) is 0. The number of hydrogen-bond acceptors (Lipinski definition) is 4. The second-order valence-corrected chi connectivity index (χ2v) is 2.97. The van der Waals surface area contributed by atoms with Crippen molar-refractivity contribution in [3.63, 3.8) is 0 Å². The van der Waals surface area contributed by atoms with E-state index in [2.05, 4.69) is 0 Å². The molecule has 1 aliphatic heterocycles. The lowest BCUT2D eigenvalue weighted by Crippen LogP contribution is -2.13. The van der Waals surface area contributed by atoms with Crippen LogP contribution in [0.25, 0.3) is 0 Å². The minimum absolute atomic E-state index is 0.206. The molecule has 1 atom stereocenters. The van der Waals surface area contributed by atoms with Gasteiger partial charge in [-0.1, -0.05) is 13.0 Å². The number of rotatable bonds is 3. The van der Waals surface area contributed by atoms with Gasteiger partial charge < -0.3 is 19.3 Å². The highest BCUT2D eigenvalue weighted by atomic mass is 16.7. The Morgan fingerprint density at radius 3 is 3.14 bits per heavy atom. The number of fused-ring (bicyclic) bond motifs is 1. The molecule has 0 aromatic heterocycles. The molecule has 1 aliphatic rings. The molecule has 1 N–H and O–H groups in total. The summed E-state index contributed by atoms with van der Waals surface area (Å²) in [6.45, 7) is 2.04. The average Bonchev–Trinajstić information content (AvgIpc) is 2.66. The van der Waals surface area contributed by atoms with E-state index in [1.807, 2.05) is 6.92 Å². The van der Waals surface area contributed by atoms with E-state index < -0.39 is 6.29 Å². The molecule has 0 spiro atoms. The zero-order valence-corrected chi connectivity index (χ0v) is 7.90. The molecule has 1 aromatic carbocycles. The van der Waals surface area contributed by atoms with E-state index in [9.17, 15) is 5.11 Å². The first-order chi connectivity index (χ1) is 6.81. The van der Waals surface area contributed by atoms with Crippen molar-refractivity contribution in [3.8, 4) is 17.2 Å². The van der Waals surface area contributed by atoms with Crippen LogP contribution in [0, 0.1) is 0 Å². The van der Waals surface area contributed by atoms with Gasteiger partial charge in [0.1, 0.15) is 0 Å². The molecule has 4 nitrogen and oxygen atoms in total. The molecule has 1 aromatic rings. The predicted octanol–water partition coefficient (Wildman–Crippen LogP) is 1.52. The second kappa shape index (κ2) is 3.75. The van der Waals surface area contributed by atoms with Gasteiger partial charge in [-0.2, -0.15) is 0 Å². The summed E-state index contributed by atoms with van der Waals surface area (Å²) in [5.74, 6) is 1.75. The molecule has 1 heterocycles. The summed E-state index contributed by atoms with van der Waals surface area (Å²) in [6, 6.07) is 5.34. The van der Waals surface area contributed by atoms with Crippen LogP contribution in [-0.4, -0.2) is 18.2 Å². The van der Waals surface area contributed by atoms with E-state index >= 15 is 0 Å². The fourth-order valence-corrected chi connectivity index (χ4v) is 1.23. The normalized spacial score (nSPS) is 15.3. The zero-order valence-electron chi connectivity index (χ0n) is 7.90. The highest BCUT2D eigenvalue weighted by Gasteiger charge is 2.19. The number of aliphatic hydroxyl groups is 1. The summed E-state index contributed by atoms with van der Waals surface area (Å²) in [7, 11) is 0. The molecule has 0 bridgehead atoms. The number of ether oxygens (including phenoxy) is 3. The molecule has 0 fully saturated rings. The molecule has 0 radical (unpaired) electrons. The van der Waals surface area contributed by atoms with Crippen LogP contribution in [0.15, 0.2) is 18.2 Å². The Morgan fingerprint density at radius 1 is 1.50 bits per heavy atom. The van der Waals surface area contributed by atoms with Crippen LogP contribution in [0.5, 0.6) is 17.2 Å². The lowest BCUT2D eigenvalue weighted by Gasteiger charge is -2.12. The molecule has 0 saturated heterocycles. The lowest BCUT2D eigenvalue weighted by molar-refractivity contribution is -0.0208. The van der Waals surface area contributed by atoms with Gasteiger partial charge in [-0.25, -0.2) is 0 Å². The molecule has 1 unspecified atom stereocenters. The van der Waals surface area contributed by atoms with E-state index in [1.165, 1.54) is 0 Å². The molecule has 0 amide bonds. The number of benzene rings is 1. The molecule has 0 saturated carbocycles. The summed E-state index contributed by atoms with van der Waals surface area (Å²) < 4.78 is 15.6. The molecule has 0 aliphatic carbocycles. The highest BCUT2D eigenvalue weighted by Crippen LogP contribution is 2.40. The van der Waals surface area contributed by atoms with Crippen LogP contribution in [0.2, 0.25) is 0 Å². The van der Waals surface area contributed by atoms with Gasteiger partial charge in [0.25, 0.3) is 0 Å². The Hall–Kier alpha value is -1.42. The van der Waals surface area contributed by atoms with E-state index in [0.717, 1.165) is 0 Å². The predicted molar refractivity (Wildman–Crippen MR) is 49.5 cm³/mol. The van der Waals surface area contributed by atoms with Gasteiger partial charge in [0, 0.05) is 6.42 Å². The third-order valence-electron chi connectivity index (χ3n) is 1.97. The van der Waals surface area contributed by atoms with E-state index in [4.69, 9.17) is 14.2 Å². The fraction of sp³-hybridized carbons (Fsp3) is 0.400. The van der Waals surface area contributed by atoms with Crippen LogP contribution >= 0.6 is 0 Å². The molecular weight excluding hydrogens is 184 g/mol. The van der Waals surface area contributed by atoms with E-state index in [0.29, 0.717) is 23.7 Å². The Labute approximate surface area is 82.0 Å². The van der Waals surface area contributed by atoms with Crippen molar-refractivity contribution in [2.24, 2.45) is 0 Å². The smallest absolute Gasteiger partial charge is 0.231 e. The van der Waals surface area contributed by atoms with E-state index in [-0.39, 0.29) is 6.79 Å². The Kier molecular flexibility index (Phi) is 2.45. The van der Waals surface area contributed by atoms with Crippen LogP contribution in [-0.2, 0) is 0 Å². The summed E-state index contributed by atoms with van der Waals surface area (Å²) in [4.78, 5) is 0. The third kappa shape index (κ3) is 1.61. The van der Waals surface area contributed by atoms with Crippen LogP contribution < -0.4 is 14.2 Å². The Bertz CT molecular complexity index is 324. The number of hydrogen-bond donors (Lipinski definition) is 1. The quantitative estimate of drug-likeness (QED) is 0.744. The standard InChI is InChI=1S/C10H12O4/c1-2-9(11)14-8-5-3-4-7-10(8)13-6-12-7/h3-5,9,11H,2,6H2,1H3. The van der Waals surface area contributed by atoms with Gasteiger partial charge in [-0.3, -0.25) is 0 Å². The van der Waals surface area contributed by atoms with E-state index in [1.54, 1.807) is 18.2 Å². The highest BCUT2D eigenvalue weighted by molar-refractivity contribution is 5.52. The third-order valence-corrected chi connectivity index (χ3v) is 1.97. The summed E-state index contributed by atoms with van der Waals surface area (Å²) >= 11 is 0. The molecule has 14 heavy (non-hydrogen) atoms. The molecule has 2 rings (SSSR count). The minimum atomic E-state index is -0.800. The zero-order chi connectivity index (χ0) is 9.97. The average molecular weight is 196 g/mol. The van der Waals surface area contributed by atoms with Crippen molar-refractivity contribution in [1.82, 2.24) is 0 Å². The fourth-order valence-electron chi connectivity index (χ4n) is 1.23. The number of para-hydroxylation sites is 1. The van der Waals surface area contributed by atoms with Gasteiger partial charge in [-0.15, -0.1) is 0 Å². The van der Waals surface area contributed by atoms with Gasteiger partial charge in [0.05, 0.1) is 0 Å². The van der Waals surface area contributed by atoms with Crippen molar-refractivity contribution in [2.75, 3.05) is 6.79 Å². The minimum Gasteiger partial charge on any atom is -0.461 e. The van der Waals surface area contributed by atoms with Crippen LogP contribution in [0.3, 0.4) is 0 Å². The summed E-state index contributed by atoms with van der Waals surface area (Å²) in [5, 5.41) is 9.32. The molecular formula is C10H12O4. The van der Waals surface area contributed by atoms with Crippen LogP contribution in [0.1, 0.15) is 13.3 Å². The van der Waals surface area contributed by atoms with Crippen molar-refractivity contribution in [2.45, 2.75) is 19.6 Å². The van der Waals surface area contributed by atoms with Crippen LogP contribution in [0.4, 0.5) is 0 Å². The van der Waals surface area contributed by atoms with Crippen molar-refractivity contribution < 1.29 is 19.3 Å². The molecule has 4 heteroatoms. The largest absolute Gasteiger partial charge is 0.461 e. The summed E-state index contributed by atoms with van der Waals surface area (Å²) in [6.07, 6.45) is -0.268. The van der Waals surface area contributed by atoms with Crippen molar-refractivity contribution in [1.29, 1.82) is 0 Å². The Balaban J connectivity index is 2.22. The first kappa shape index (κ1) is 9.15. The first-order valence-corrected chi connectivity index (χ1v) is 4.54. The monoisotopic (exact) mass is 196 g/mol.